The van der Waals surface area contributed by atoms with Crippen molar-refractivity contribution < 1.29 is 24.3 Å². The first kappa shape index (κ1) is 19.0. The Hall–Kier alpha value is -2.02. The molecule has 1 aliphatic heterocycles. The molecule has 0 fully saturated rings. The third-order valence-corrected chi connectivity index (χ3v) is 4.02. The van der Waals surface area contributed by atoms with Gasteiger partial charge < -0.3 is 10.2 Å². The molecule has 8 nitrogen and oxygen atoms in total. The third kappa shape index (κ3) is 3.85. The molecule has 0 saturated heterocycles. The van der Waals surface area contributed by atoms with Crippen molar-refractivity contribution in [2.75, 3.05) is 9.99 Å². The number of carbonyl (C=O) groups is 2. The molecule has 9 heteroatoms. The van der Waals surface area contributed by atoms with Gasteiger partial charge in [0.15, 0.2) is 6.04 Å². The summed E-state index contributed by atoms with van der Waals surface area (Å²) in [6, 6.07) is 3.25. The van der Waals surface area contributed by atoms with E-state index in [-0.39, 0.29) is 17.2 Å². The molecule has 0 spiro atoms. The maximum absolute atomic E-state index is 12.1. The summed E-state index contributed by atoms with van der Waals surface area (Å²) < 4.78 is 12.5. The van der Waals surface area contributed by atoms with Gasteiger partial charge >= 0.3 is 8.18 Å². The number of carbonyl (C=O) groups excluding carboxylic acids is 2. The van der Waals surface area contributed by atoms with Crippen molar-refractivity contribution in [1.82, 2.24) is 5.48 Å². The SMILES string of the molecule is CC.CC(C)C1C(=O)Nc2cc(C(=O)NO)ccc2N1[P+](=O)[O-]. The second-order valence-corrected chi connectivity index (χ2v) is 5.84. The quantitative estimate of drug-likeness (QED) is 0.436. The summed E-state index contributed by atoms with van der Waals surface area (Å²) in [4.78, 5) is 35.0. The average Bonchev–Trinajstić information content (AvgIpc) is 2.53. The number of benzene rings is 1. The fourth-order valence-corrected chi connectivity index (χ4v) is 3.21. The molecule has 23 heavy (non-hydrogen) atoms. The first-order valence-corrected chi connectivity index (χ1v) is 8.32. The molecule has 1 aliphatic rings. The van der Waals surface area contributed by atoms with Gasteiger partial charge in [0.25, 0.3) is 11.8 Å². The molecule has 1 aromatic rings. The van der Waals surface area contributed by atoms with Crippen LogP contribution < -0.4 is 20.4 Å². The lowest BCUT2D eigenvalue weighted by Crippen LogP contribution is -2.48. The summed E-state index contributed by atoms with van der Waals surface area (Å²) >= 11 is 0. The normalized spacial score (nSPS) is 16.8. The molecule has 0 radical (unpaired) electrons. The number of anilines is 2. The van der Waals surface area contributed by atoms with Crippen LogP contribution in [0.4, 0.5) is 11.4 Å². The van der Waals surface area contributed by atoms with Gasteiger partial charge in [0.05, 0.1) is 5.69 Å². The van der Waals surface area contributed by atoms with E-state index in [1.807, 2.05) is 13.8 Å². The Bertz CT molecular complexity index is 620. The standard InChI is InChI=1S/C12H14N3O5P.C2H6/c1-6(2)10-12(17)13-8-5-7(11(16)14-18)3-4-9(8)15(10)21(19)20;1-2/h3-6,10,18H,1-2H3,(H,13,17)(H,14,16);1-2H3. The van der Waals surface area contributed by atoms with Gasteiger partial charge in [-0.1, -0.05) is 27.7 Å². The predicted octanol–water partition coefficient (Wildman–Crippen LogP) is 1.63. The highest BCUT2D eigenvalue weighted by Gasteiger charge is 2.42. The molecule has 1 aromatic carbocycles. The Morgan fingerprint density at radius 2 is 2.04 bits per heavy atom. The topological polar surface area (TPSA) is 122 Å². The molecule has 0 bridgehead atoms. The number of nitrogens with one attached hydrogen (secondary N) is 2. The molecule has 126 valence electrons. The van der Waals surface area contributed by atoms with Crippen LogP contribution in [-0.2, 0) is 9.36 Å². The lowest BCUT2D eigenvalue weighted by molar-refractivity contribution is -0.166. The zero-order chi connectivity index (χ0) is 17.7. The van der Waals surface area contributed by atoms with E-state index >= 15 is 0 Å². The van der Waals surface area contributed by atoms with Crippen molar-refractivity contribution in [2.45, 2.75) is 33.7 Å². The number of nitrogens with zero attached hydrogens (tertiary/aromatic N) is 1. The molecular weight excluding hydrogens is 321 g/mol. The number of rotatable bonds is 3. The van der Waals surface area contributed by atoms with Crippen LogP contribution in [0, 0.1) is 5.92 Å². The molecule has 2 atom stereocenters. The maximum atomic E-state index is 12.1. The molecule has 2 rings (SSSR count). The third-order valence-electron chi connectivity index (χ3n) is 3.20. The first-order valence-electron chi connectivity index (χ1n) is 7.19. The lowest BCUT2D eigenvalue weighted by Gasteiger charge is -2.33. The molecule has 0 aromatic heterocycles. The molecule has 1 heterocycles. The van der Waals surface area contributed by atoms with Crippen LogP contribution in [-0.4, -0.2) is 23.1 Å². The highest BCUT2D eigenvalue weighted by Crippen LogP contribution is 2.41. The number of fused-ring (bicyclic) bond motifs is 1. The number of hydroxylamine groups is 1. The molecule has 0 aliphatic carbocycles. The fraction of sp³-hybridized carbons (Fsp3) is 0.429. The summed E-state index contributed by atoms with van der Waals surface area (Å²) in [5.74, 6) is -1.43. The van der Waals surface area contributed by atoms with Gasteiger partial charge in [-0.2, -0.15) is 4.67 Å². The van der Waals surface area contributed by atoms with Crippen LogP contribution in [0.5, 0.6) is 0 Å². The lowest BCUT2D eigenvalue weighted by atomic mass is 9.99. The van der Waals surface area contributed by atoms with Crippen LogP contribution in [0.25, 0.3) is 0 Å². The second-order valence-electron chi connectivity index (χ2n) is 4.93. The predicted molar refractivity (Wildman–Crippen MR) is 84.4 cm³/mol. The van der Waals surface area contributed by atoms with Gasteiger partial charge in [-0.05, 0) is 28.7 Å². The fourth-order valence-electron chi connectivity index (χ4n) is 2.28. The summed E-state index contributed by atoms with van der Waals surface area (Å²) in [7, 11) is -3.01. The van der Waals surface area contributed by atoms with E-state index < -0.39 is 26.0 Å². The number of hydrogen-bond acceptors (Lipinski definition) is 5. The van der Waals surface area contributed by atoms with E-state index in [0.29, 0.717) is 5.69 Å². The number of amides is 2. The van der Waals surface area contributed by atoms with Crippen LogP contribution in [0.2, 0.25) is 0 Å². The van der Waals surface area contributed by atoms with Gasteiger partial charge in [0.2, 0.25) is 0 Å². The van der Waals surface area contributed by atoms with Crippen LogP contribution in [0.15, 0.2) is 18.2 Å². The minimum atomic E-state index is -3.01. The Morgan fingerprint density at radius 1 is 1.43 bits per heavy atom. The Balaban J connectivity index is 0.00000127. The number of hydrogen-bond donors (Lipinski definition) is 3. The Morgan fingerprint density at radius 3 is 2.52 bits per heavy atom. The smallest absolute Gasteiger partial charge is 0.441 e. The molecule has 2 unspecified atom stereocenters. The van der Waals surface area contributed by atoms with E-state index in [4.69, 9.17) is 5.21 Å². The van der Waals surface area contributed by atoms with Gasteiger partial charge in [0, 0.05) is 5.56 Å². The minimum Gasteiger partial charge on any atom is -0.573 e. The summed E-state index contributed by atoms with van der Waals surface area (Å²) in [6.45, 7) is 7.49. The second kappa shape index (κ2) is 8.01. The van der Waals surface area contributed by atoms with Crippen molar-refractivity contribution in [3.05, 3.63) is 23.8 Å². The van der Waals surface area contributed by atoms with Crippen LogP contribution >= 0.6 is 8.18 Å². The minimum absolute atomic E-state index is 0.0978. The van der Waals surface area contributed by atoms with Gasteiger partial charge in [-0.15, -0.1) is 0 Å². The van der Waals surface area contributed by atoms with Gasteiger partial charge in [-0.3, -0.25) is 14.8 Å². The van der Waals surface area contributed by atoms with E-state index in [2.05, 4.69) is 5.32 Å². The summed E-state index contributed by atoms with van der Waals surface area (Å²) in [5.41, 5.74) is 2.07. The monoisotopic (exact) mass is 341 g/mol. The zero-order valence-corrected chi connectivity index (χ0v) is 14.3. The summed E-state index contributed by atoms with van der Waals surface area (Å²) in [6.07, 6.45) is 0. The van der Waals surface area contributed by atoms with E-state index in [1.165, 1.54) is 23.7 Å². The van der Waals surface area contributed by atoms with Crippen molar-refractivity contribution in [1.29, 1.82) is 0 Å². The van der Waals surface area contributed by atoms with Crippen molar-refractivity contribution >= 4 is 31.4 Å². The van der Waals surface area contributed by atoms with E-state index in [9.17, 15) is 19.0 Å². The van der Waals surface area contributed by atoms with Crippen molar-refractivity contribution in [2.24, 2.45) is 5.92 Å². The van der Waals surface area contributed by atoms with Crippen LogP contribution in [0.1, 0.15) is 38.1 Å². The zero-order valence-electron chi connectivity index (χ0n) is 13.4. The average molecular weight is 341 g/mol. The Kier molecular flexibility index (Phi) is 6.62. The molecule has 0 saturated carbocycles. The first-order chi connectivity index (χ1) is 10.9. The van der Waals surface area contributed by atoms with Crippen LogP contribution in [0.3, 0.4) is 0 Å². The van der Waals surface area contributed by atoms with Crippen molar-refractivity contribution in [3.8, 4) is 0 Å². The highest BCUT2D eigenvalue weighted by molar-refractivity contribution is 7.38. The van der Waals surface area contributed by atoms with Gasteiger partial charge in [-0.25, -0.2) is 5.48 Å². The Labute approximate surface area is 135 Å². The van der Waals surface area contributed by atoms with E-state index in [1.54, 1.807) is 13.8 Å². The molecule has 3 N–H and O–H groups in total. The van der Waals surface area contributed by atoms with E-state index in [0.717, 1.165) is 4.67 Å². The largest absolute Gasteiger partial charge is 0.573 e. The highest BCUT2D eigenvalue weighted by atomic mass is 31.1. The van der Waals surface area contributed by atoms with Crippen molar-refractivity contribution in [3.63, 3.8) is 0 Å². The molecular formula is C14H20N3O5P. The molecule has 2 amide bonds. The summed E-state index contributed by atoms with van der Waals surface area (Å²) in [5, 5.41) is 11.2. The maximum Gasteiger partial charge on any atom is 0.441 e. The van der Waals surface area contributed by atoms with Gasteiger partial charge in [0.1, 0.15) is 5.69 Å².